The zero-order valence-corrected chi connectivity index (χ0v) is 25.5. The Morgan fingerprint density at radius 1 is 0.532 bits per heavy atom. The van der Waals surface area contributed by atoms with E-state index < -0.39 is 0 Å². The molecule has 5 aromatic carbocycles. The van der Waals surface area contributed by atoms with Crippen molar-refractivity contribution in [3.63, 3.8) is 0 Å². The molecule has 4 heteroatoms. The number of rotatable bonds is 4. The van der Waals surface area contributed by atoms with Crippen LogP contribution >= 0.6 is 0 Å². The molecule has 0 saturated carbocycles. The van der Waals surface area contributed by atoms with E-state index in [0.717, 1.165) is 71.8 Å². The maximum atomic E-state index is 5.20. The van der Waals surface area contributed by atoms with Crippen molar-refractivity contribution in [1.82, 2.24) is 14.4 Å². The van der Waals surface area contributed by atoms with Crippen LogP contribution in [0.4, 0.5) is 0 Å². The van der Waals surface area contributed by atoms with E-state index in [0.29, 0.717) is 0 Å². The van der Waals surface area contributed by atoms with Crippen LogP contribution in [0, 0.1) is 0 Å². The highest BCUT2D eigenvalue weighted by molar-refractivity contribution is 6.09. The monoisotopic (exact) mass is 600 g/mol. The summed E-state index contributed by atoms with van der Waals surface area (Å²) >= 11 is 0. The van der Waals surface area contributed by atoms with Gasteiger partial charge in [-0.3, -0.25) is 4.40 Å². The molecule has 0 N–H and O–H groups in total. The fourth-order valence-electron chi connectivity index (χ4n) is 6.56. The van der Waals surface area contributed by atoms with Gasteiger partial charge >= 0.3 is 0 Å². The predicted octanol–water partition coefficient (Wildman–Crippen LogP) is 8.80. The third kappa shape index (κ3) is 4.75. The van der Waals surface area contributed by atoms with Crippen LogP contribution in [0.3, 0.4) is 0 Å². The second kappa shape index (κ2) is 11.2. The standard InChI is InChI=1S/C43H28N4/c1-2-12-29(13-3-1)32-14-10-15-33(28-32)37-21-11-18-34(35-16-4-6-19-38(35)44-37)30-23-25-31(26-24-30)41-43-42(36-17-5-7-20-39(36)45-41)46-40-22-8-9-27-47(40)43/h1-28H/b18-11?,21-11?,34-18?,35-34+,37-21?,44-37?,44-38?. The molecule has 0 radical (unpaired) electrons. The fraction of sp³-hybridized carbons (Fsp3) is 0. The third-order valence-electron chi connectivity index (χ3n) is 8.83. The van der Waals surface area contributed by atoms with Gasteiger partial charge in [0.15, 0.2) is 0 Å². The first-order valence-corrected chi connectivity index (χ1v) is 15.8. The Morgan fingerprint density at radius 3 is 2.19 bits per heavy atom. The summed E-state index contributed by atoms with van der Waals surface area (Å²) in [6.45, 7) is 0. The van der Waals surface area contributed by atoms with Crippen LogP contribution in [-0.4, -0.2) is 14.4 Å². The summed E-state index contributed by atoms with van der Waals surface area (Å²) in [5, 5.41) is 3.09. The van der Waals surface area contributed by atoms with E-state index in [-0.39, 0.29) is 0 Å². The molecule has 0 aliphatic carbocycles. The average Bonchev–Trinajstić information content (AvgIpc) is 3.53. The highest BCUT2D eigenvalue weighted by atomic mass is 15.0. The lowest BCUT2D eigenvalue weighted by Crippen LogP contribution is -2.27. The Labute approximate surface area is 271 Å². The van der Waals surface area contributed by atoms with Crippen molar-refractivity contribution in [2.45, 2.75) is 0 Å². The molecule has 4 nitrogen and oxygen atoms in total. The molecule has 0 bridgehead atoms. The molecule has 4 heterocycles. The molecular weight excluding hydrogens is 573 g/mol. The fourth-order valence-corrected chi connectivity index (χ4v) is 6.56. The number of allylic oxidation sites excluding steroid dienone is 3. The van der Waals surface area contributed by atoms with Crippen LogP contribution in [0.25, 0.3) is 61.2 Å². The van der Waals surface area contributed by atoms with Crippen molar-refractivity contribution < 1.29 is 0 Å². The van der Waals surface area contributed by atoms with Crippen LogP contribution in [0.1, 0.15) is 11.1 Å². The molecular formula is C43H28N4. The minimum Gasteiger partial charge on any atom is -0.298 e. The zero-order valence-electron chi connectivity index (χ0n) is 25.5. The molecule has 220 valence electrons. The van der Waals surface area contributed by atoms with Gasteiger partial charge in [-0.2, -0.15) is 0 Å². The predicted molar refractivity (Wildman–Crippen MR) is 192 cm³/mol. The van der Waals surface area contributed by atoms with Gasteiger partial charge in [0, 0.05) is 27.9 Å². The van der Waals surface area contributed by atoms with Crippen molar-refractivity contribution in [2.24, 2.45) is 4.99 Å². The van der Waals surface area contributed by atoms with Gasteiger partial charge in [0.2, 0.25) is 0 Å². The summed E-state index contributed by atoms with van der Waals surface area (Å²) in [6, 6.07) is 50.5. The Balaban J connectivity index is 1.16. The van der Waals surface area contributed by atoms with Gasteiger partial charge in [-0.25, -0.2) is 15.0 Å². The third-order valence-corrected chi connectivity index (χ3v) is 8.83. The lowest BCUT2D eigenvalue weighted by atomic mass is 9.98. The Hall–Kier alpha value is -6.39. The largest absolute Gasteiger partial charge is 0.298 e. The van der Waals surface area contributed by atoms with Crippen LogP contribution in [-0.2, 0) is 0 Å². The molecule has 0 fully saturated rings. The van der Waals surface area contributed by atoms with E-state index in [9.17, 15) is 0 Å². The number of benzene rings is 5. The van der Waals surface area contributed by atoms with E-state index in [4.69, 9.17) is 15.0 Å². The summed E-state index contributed by atoms with van der Waals surface area (Å²) in [6.07, 6.45) is 8.48. The molecule has 0 saturated heterocycles. The maximum Gasteiger partial charge on any atom is 0.137 e. The number of aromatic nitrogens is 3. The second-order valence-electron chi connectivity index (χ2n) is 11.7. The van der Waals surface area contributed by atoms with Crippen LogP contribution in [0.2, 0.25) is 0 Å². The Kier molecular flexibility index (Phi) is 6.43. The van der Waals surface area contributed by atoms with Gasteiger partial charge in [-0.1, -0.05) is 127 Å². The van der Waals surface area contributed by atoms with Crippen LogP contribution < -0.4 is 10.6 Å². The summed E-state index contributed by atoms with van der Waals surface area (Å²) < 4.78 is 2.14. The van der Waals surface area contributed by atoms with Crippen molar-refractivity contribution in [2.75, 3.05) is 0 Å². The van der Waals surface area contributed by atoms with Gasteiger partial charge < -0.3 is 0 Å². The molecule has 9 rings (SSSR count). The smallest absolute Gasteiger partial charge is 0.137 e. The number of hydrogen-bond acceptors (Lipinski definition) is 3. The summed E-state index contributed by atoms with van der Waals surface area (Å²) in [4.78, 5) is 15.4. The lowest BCUT2D eigenvalue weighted by Gasteiger charge is -2.11. The first kappa shape index (κ1) is 27.0. The quantitative estimate of drug-likeness (QED) is 0.203. The van der Waals surface area contributed by atoms with Gasteiger partial charge in [-0.05, 0) is 58.7 Å². The van der Waals surface area contributed by atoms with E-state index in [1.807, 2.05) is 36.4 Å². The van der Waals surface area contributed by atoms with Gasteiger partial charge in [0.25, 0.3) is 0 Å². The van der Waals surface area contributed by atoms with Crippen molar-refractivity contribution in [3.05, 3.63) is 192 Å². The van der Waals surface area contributed by atoms with Crippen molar-refractivity contribution in [1.29, 1.82) is 0 Å². The Bertz CT molecular complexity index is 2660. The van der Waals surface area contributed by atoms with Crippen LogP contribution in [0.5, 0.6) is 0 Å². The molecule has 8 aromatic rings. The summed E-state index contributed by atoms with van der Waals surface area (Å²) in [5.41, 5.74) is 12.4. The minimum absolute atomic E-state index is 0.910. The topological polar surface area (TPSA) is 42.5 Å². The molecule has 0 amide bonds. The van der Waals surface area contributed by atoms with E-state index >= 15 is 0 Å². The number of fused-ring (bicyclic) bond motifs is 6. The first-order chi connectivity index (χ1) is 23.3. The van der Waals surface area contributed by atoms with E-state index in [2.05, 4.69) is 138 Å². The summed E-state index contributed by atoms with van der Waals surface area (Å²) in [5.74, 6) is 0. The Morgan fingerprint density at radius 2 is 1.28 bits per heavy atom. The van der Waals surface area contributed by atoms with E-state index in [1.165, 1.54) is 11.1 Å². The van der Waals surface area contributed by atoms with Gasteiger partial charge in [0.1, 0.15) is 11.2 Å². The first-order valence-electron chi connectivity index (χ1n) is 15.8. The second-order valence-corrected chi connectivity index (χ2v) is 11.7. The lowest BCUT2D eigenvalue weighted by molar-refractivity contribution is 1.22. The zero-order chi connectivity index (χ0) is 31.2. The van der Waals surface area contributed by atoms with Gasteiger partial charge in [0.05, 0.1) is 27.8 Å². The highest BCUT2D eigenvalue weighted by Crippen LogP contribution is 2.33. The SMILES string of the molecule is C1=C/C(c2ccc(-c3nc4ccccc4c4nc5ccccn5c34)cc2)=c2/ccccc2=NC(c2cccc(-c3ccccc3)c2)=C1. The highest BCUT2D eigenvalue weighted by Gasteiger charge is 2.16. The van der Waals surface area contributed by atoms with Crippen LogP contribution in [0.15, 0.2) is 175 Å². The van der Waals surface area contributed by atoms with Crippen molar-refractivity contribution >= 4 is 38.9 Å². The molecule has 1 aliphatic heterocycles. The molecule has 0 unspecified atom stereocenters. The molecule has 0 atom stereocenters. The normalized spacial score (nSPS) is 14.0. The summed E-state index contributed by atoms with van der Waals surface area (Å²) in [7, 11) is 0. The van der Waals surface area contributed by atoms with Gasteiger partial charge in [-0.15, -0.1) is 0 Å². The number of hydrogen-bond donors (Lipinski definition) is 0. The maximum absolute atomic E-state index is 5.20. The number of nitrogens with zero attached hydrogens (tertiary/aromatic N) is 4. The van der Waals surface area contributed by atoms with E-state index in [1.54, 1.807) is 0 Å². The molecule has 3 aromatic heterocycles. The number of imidazole rings is 1. The number of pyridine rings is 2. The number of para-hydroxylation sites is 2. The molecule has 1 aliphatic rings. The molecule has 0 spiro atoms. The minimum atomic E-state index is 0.910. The van der Waals surface area contributed by atoms with Crippen molar-refractivity contribution in [3.8, 4) is 22.4 Å². The molecule has 47 heavy (non-hydrogen) atoms. The average molecular weight is 601 g/mol.